The molecule has 0 amide bonds. The van der Waals surface area contributed by atoms with Crippen LogP contribution in [0.4, 0.5) is 5.95 Å². The van der Waals surface area contributed by atoms with Crippen LogP contribution in [0.15, 0.2) is 4.79 Å². The highest BCUT2D eigenvalue weighted by molar-refractivity contribution is 5.71. The van der Waals surface area contributed by atoms with Gasteiger partial charge in [-0.1, -0.05) is 65.2 Å². The molecule has 5 N–H and O–H groups in total. The summed E-state index contributed by atoms with van der Waals surface area (Å²) in [5, 5.41) is 0. The zero-order valence-electron chi connectivity index (χ0n) is 16.3. The molecular formula is C19H34N6O. The molecule has 26 heavy (non-hydrogen) atoms. The molecule has 0 radical (unpaired) electrons. The van der Waals surface area contributed by atoms with E-state index in [0.29, 0.717) is 11.2 Å². The molecule has 2 aromatic rings. The van der Waals surface area contributed by atoms with Crippen LogP contribution in [0.1, 0.15) is 89.9 Å². The van der Waals surface area contributed by atoms with Crippen LogP contribution in [0, 0.1) is 0 Å². The topological polar surface area (TPSA) is 116 Å². The second kappa shape index (κ2) is 10.3. The van der Waals surface area contributed by atoms with Crippen molar-refractivity contribution in [3.8, 4) is 0 Å². The van der Waals surface area contributed by atoms with Gasteiger partial charge in [-0.05, 0) is 12.8 Å². The van der Waals surface area contributed by atoms with Crippen molar-refractivity contribution in [2.75, 3.05) is 5.73 Å². The summed E-state index contributed by atoms with van der Waals surface area (Å²) < 4.78 is 2.08. The molecule has 0 spiro atoms. The van der Waals surface area contributed by atoms with Crippen LogP contribution in [-0.2, 0) is 6.54 Å². The summed E-state index contributed by atoms with van der Waals surface area (Å²) in [6.45, 7) is 4.73. The van der Waals surface area contributed by atoms with Gasteiger partial charge in [0.2, 0.25) is 5.95 Å². The van der Waals surface area contributed by atoms with E-state index in [4.69, 9.17) is 11.5 Å². The van der Waals surface area contributed by atoms with Crippen LogP contribution in [-0.4, -0.2) is 19.5 Å². The Labute approximate surface area is 155 Å². The molecule has 0 unspecified atom stereocenters. The summed E-state index contributed by atoms with van der Waals surface area (Å²) in [7, 11) is 0. The van der Waals surface area contributed by atoms with Crippen LogP contribution in [0.25, 0.3) is 11.2 Å². The van der Waals surface area contributed by atoms with Crippen LogP contribution in [0.5, 0.6) is 0 Å². The maximum absolute atomic E-state index is 12.2. The number of fused-ring (bicyclic) bond motifs is 1. The number of aromatic amines is 1. The van der Waals surface area contributed by atoms with Crippen molar-refractivity contribution >= 4 is 17.1 Å². The van der Waals surface area contributed by atoms with Gasteiger partial charge < -0.3 is 16.0 Å². The predicted octanol–water partition coefficient (Wildman–Crippen LogP) is 3.64. The summed E-state index contributed by atoms with van der Waals surface area (Å²) in [6.07, 6.45) is 11.8. The molecule has 7 nitrogen and oxygen atoms in total. The Kier molecular flexibility index (Phi) is 8.09. The third-order valence-corrected chi connectivity index (χ3v) is 4.97. The number of nitrogens with zero attached hydrogens (tertiary/aromatic N) is 3. The molecule has 0 aromatic carbocycles. The normalized spacial score (nSPS) is 11.7. The number of nitrogens with one attached hydrogen (secondary N) is 1. The standard InChI is InChI=1S/C19H34N6O/c1-3-5-7-9-11-14(12-10-8-6-4-2)25-15(13-20)22-16-17(25)23-19(21)24-18(16)26/h14H,3-13,20H2,1-2H3,(H3,21,23,24,26). The molecule has 0 aliphatic heterocycles. The predicted molar refractivity (Wildman–Crippen MR) is 107 cm³/mol. The zero-order valence-corrected chi connectivity index (χ0v) is 16.3. The van der Waals surface area contributed by atoms with Crippen molar-refractivity contribution in [3.63, 3.8) is 0 Å². The average molecular weight is 363 g/mol. The molecule has 0 aliphatic carbocycles. The molecule has 2 aromatic heterocycles. The monoisotopic (exact) mass is 362 g/mol. The van der Waals surface area contributed by atoms with E-state index in [2.05, 4.69) is 33.4 Å². The minimum atomic E-state index is -0.295. The van der Waals surface area contributed by atoms with Gasteiger partial charge in [-0.25, -0.2) is 4.98 Å². The number of aromatic nitrogens is 4. The Morgan fingerprint density at radius 3 is 2.15 bits per heavy atom. The van der Waals surface area contributed by atoms with E-state index < -0.39 is 0 Å². The lowest BCUT2D eigenvalue weighted by molar-refractivity contribution is 0.393. The molecule has 7 heteroatoms. The summed E-state index contributed by atoms with van der Waals surface area (Å²) in [5.41, 5.74) is 12.3. The summed E-state index contributed by atoms with van der Waals surface area (Å²) >= 11 is 0. The minimum absolute atomic E-state index is 0.128. The first-order chi connectivity index (χ1) is 12.6. The second-order valence-electron chi connectivity index (χ2n) is 7.08. The maximum Gasteiger partial charge on any atom is 0.280 e. The molecule has 0 bridgehead atoms. The molecule has 0 aliphatic rings. The molecule has 0 saturated heterocycles. The highest BCUT2D eigenvalue weighted by Crippen LogP contribution is 2.28. The van der Waals surface area contributed by atoms with Gasteiger partial charge in [0.25, 0.3) is 5.56 Å². The molecule has 0 fully saturated rings. The first kappa shape index (κ1) is 20.4. The van der Waals surface area contributed by atoms with Gasteiger partial charge in [-0.15, -0.1) is 0 Å². The van der Waals surface area contributed by atoms with Gasteiger partial charge in [0.15, 0.2) is 11.2 Å². The van der Waals surface area contributed by atoms with E-state index in [9.17, 15) is 4.79 Å². The van der Waals surface area contributed by atoms with Crippen molar-refractivity contribution < 1.29 is 0 Å². The van der Waals surface area contributed by atoms with E-state index in [0.717, 1.165) is 31.5 Å². The van der Waals surface area contributed by atoms with Gasteiger partial charge in [-0.2, -0.15) is 4.98 Å². The van der Waals surface area contributed by atoms with E-state index in [1.807, 2.05) is 0 Å². The van der Waals surface area contributed by atoms with Gasteiger partial charge >= 0.3 is 0 Å². The van der Waals surface area contributed by atoms with E-state index in [-0.39, 0.29) is 24.1 Å². The van der Waals surface area contributed by atoms with Crippen LogP contribution in [0.2, 0.25) is 0 Å². The Balaban J connectivity index is 2.32. The Hall–Kier alpha value is -1.89. The summed E-state index contributed by atoms with van der Waals surface area (Å²) in [4.78, 5) is 23.6. The van der Waals surface area contributed by atoms with Crippen LogP contribution in [0.3, 0.4) is 0 Å². The zero-order chi connectivity index (χ0) is 18.9. The lowest BCUT2D eigenvalue weighted by Gasteiger charge is -2.21. The quantitative estimate of drug-likeness (QED) is 0.498. The van der Waals surface area contributed by atoms with E-state index in [1.165, 1.54) is 38.5 Å². The van der Waals surface area contributed by atoms with Crippen molar-refractivity contribution in [3.05, 3.63) is 16.2 Å². The second-order valence-corrected chi connectivity index (χ2v) is 7.08. The first-order valence-electron chi connectivity index (χ1n) is 10.1. The number of hydrogen-bond acceptors (Lipinski definition) is 5. The van der Waals surface area contributed by atoms with Crippen molar-refractivity contribution in [2.45, 2.75) is 90.6 Å². The average Bonchev–Trinajstić information content (AvgIpc) is 2.99. The smallest absolute Gasteiger partial charge is 0.280 e. The Morgan fingerprint density at radius 2 is 1.62 bits per heavy atom. The summed E-state index contributed by atoms with van der Waals surface area (Å²) in [5.74, 6) is 0.850. The highest BCUT2D eigenvalue weighted by atomic mass is 16.1. The van der Waals surface area contributed by atoms with E-state index in [1.54, 1.807) is 0 Å². The number of nitrogens with two attached hydrogens (primary N) is 2. The number of anilines is 1. The SMILES string of the molecule is CCCCCCC(CCCCCC)n1c(CN)nc2c(=O)[nH]c(N)nc21. The van der Waals surface area contributed by atoms with Gasteiger partial charge in [0.05, 0.1) is 6.54 Å². The number of nitrogen functional groups attached to an aromatic ring is 1. The fourth-order valence-electron chi connectivity index (χ4n) is 3.59. The third kappa shape index (κ3) is 5.06. The van der Waals surface area contributed by atoms with Crippen LogP contribution >= 0.6 is 0 Å². The lowest BCUT2D eigenvalue weighted by Crippen LogP contribution is -2.17. The Morgan fingerprint density at radius 1 is 1.00 bits per heavy atom. The molecule has 2 heterocycles. The van der Waals surface area contributed by atoms with Gasteiger partial charge in [0, 0.05) is 6.04 Å². The van der Waals surface area contributed by atoms with E-state index >= 15 is 0 Å². The minimum Gasteiger partial charge on any atom is -0.369 e. The van der Waals surface area contributed by atoms with Crippen molar-refractivity contribution in [1.82, 2.24) is 19.5 Å². The third-order valence-electron chi connectivity index (χ3n) is 4.97. The fraction of sp³-hybridized carbons (Fsp3) is 0.737. The molecule has 0 saturated carbocycles. The number of unbranched alkanes of at least 4 members (excludes halogenated alkanes) is 6. The number of rotatable bonds is 12. The number of H-pyrrole nitrogens is 1. The van der Waals surface area contributed by atoms with Gasteiger partial charge in [-0.3, -0.25) is 9.78 Å². The van der Waals surface area contributed by atoms with Gasteiger partial charge in [0.1, 0.15) is 5.82 Å². The summed E-state index contributed by atoms with van der Waals surface area (Å²) in [6, 6.07) is 0.265. The molecule has 146 valence electrons. The maximum atomic E-state index is 12.2. The molecule has 0 atom stereocenters. The molecule has 2 rings (SSSR count). The van der Waals surface area contributed by atoms with Crippen molar-refractivity contribution in [1.29, 1.82) is 0 Å². The number of imidazole rings is 1. The molecular weight excluding hydrogens is 328 g/mol. The van der Waals surface area contributed by atoms with Crippen molar-refractivity contribution in [2.24, 2.45) is 5.73 Å². The lowest BCUT2D eigenvalue weighted by atomic mass is 10.0. The highest BCUT2D eigenvalue weighted by Gasteiger charge is 2.21. The fourth-order valence-corrected chi connectivity index (χ4v) is 3.59. The number of hydrogen-bond donors (Lipinski definition) is 3. The Bertz CT molecular complexity index is 723. The largest absolute Gasteiger partial charge is 0.369 e. The van der Waals surface area contributed by atoms with Crippen LogP contribution < -0.4 is 17.0 Å². The first-order valence-corrected chi connectivity index (χ1v) is 10.1.